The molecule has 1 heterocycles. The lowest BCUT2D eigenvalue weighted by atomic mass is 9.76. The third-order valence-electron chi connectivity index (χ3n) is 5.50. The van der Waals surface area contributed by atoms with Crippen LogP contribution < -0.4 is 9.64 Å². The molecule has 1 saturated carbocycles. The van der Waals surface area contributed by atoms with Crippen LogP contribution in [0.4, 0.5) is 5.69 Å². The van der Waals surface area contributed by atoms with Crippen molar-refractivity contribution in [1.29, 1.82) is 0 Å². The molecule has 1 aliphatic heterocycles. The summed E-state index contributed by atoms with van der Waals surface area (Å²) in [6.07, 6.45) is 2.53. The summed E-state index contributed by atoms with van der Waals surface area (Å²) in [5.74, 6) is -0.171. The molecule has 2 aromatic carbocycles. The zero-order valence-corrected chi connectivity index (χ0v) is 15.1. The molecule has 4 rings (SSSR count). The monoisotopic (exact) mass is 363 g/mol. The lowest BCUT2D eigenvalue weighted by molar-refractivity contribution is -0.122. The number of esters is 1. The third-order valence-corrected chi connectivity index (χ3v) is 5.50. The van der Waals surface area contributed by atoms with Crippen LogP contribution in [0, 0.1) is 17.8 Å². The predicted octanol–water partition coefficient (Wildman–Crippen LogP) is 3.83. The first-order valence-electron chi connectivity index (χ1n) is 9.29. The molecule has 5 nitrogen and oxygen atoms in total. The van der Waals surface area contributed by atoms with Gasteiger partial charge in [-0.3, -0.25) is 14.5 Å². The average molecular weight is 363 g/mol. The normalized spacial score (nSPS) is 24.6. The van der Waals surface area contributed by atoms with E-state index >= 15 is 0 Å². The van der Waals surface area contributed by atoms with Gasteiger partial charge in [-0.05, 0) is 61.6 Å². The largest absolute Gasteiger partial charge is 0.423 e. The van der Waals surface area contributed by atoms with Crippen LogP contribution in [0.3, 0.4) is 0 Å². The van der Waals surface area contributed by atoms with Gasteiger partial charge in [-0.25, -0.2) is 4.79 Å². The van der Waals surface area contributed by atoms with Gasteiger partial charge >= 0.3 is 5.97 Å². The molecular formula is C22H21NO4. The molecule has 5 heteroatoms. The Hall–Kier alpha value is -2.95. The number of para-hydroxylation sites is 1. The van der Waals surface area contributed by atoms with Crippen LogP contribution in [0.25, 0.3) is 0 Å². The number of nitrogens with zero attached hydrogens (tertiary/aromatic N) is 1. The minimum atomic E-state index is -0.477. The molecule has 1 aliphatic carbocycles. The van der Waals surface area contributed by atoms with Gasteiger partial charge in [0, 0.05) is 0 Å². The topological polar surface area (TPSA) is 63.7 Å². The Balaban J connectivity index is 1.51. The van der Waals surface area contributed by atoms with E-state index in [0.29, 0.717) is 22.9 Å². The lowest BCUT2D eigenvalue weighted by Crippen LogP contribution is -2.30. The predicted molar refractivity (Wildman–Crippen MR) is 100 cm³/mol. The average Bonchev–Trinajstić information content (AvgIpc) is 2.92. The van der Waals surface area contributed by atoms with Crippen LogP contribution in [-0.2, 0) is 9.59 Å². The van der Waals surface area contributed by atoms with Crippen molar-refractivity contribution in [2.24, 2.45) is 17.8 Å². The Bertz CT molecular complexity index is 875. The Labute approximate surface area is 157 Å². The molecule has 2 aliphatic rings. The van der Waals surface area contributed by atoms with Gasteiger partial charge in [-0.1, -0.05) is 25.1 Å². The molecule has 27 heavy (non-hydrogen) atoms. The minimum absolute atomic E-state index is 0.114. The molecule has 138 valence electrons. The first-order chi connectivity index (χ1) is 13.0. The number of carbonyl (C=O) groups excluding carboxylic acids is 3. The third kappa shape index (κ3) is 3.25. The summed E-state index contributed by atoms with van der Waals surface area (Å²) >= 11 is 0. The molecule has 0 spiro atoms. The Kier molecular flexibility index (Phi) is 4.52. The number of benzene rings is 2. The standard InChI is InChI=1S/C22H21NO4/c1-14-7-12-18-19(13-14)21(25)23(20(18)24)16-10-8-15(9-11-16)22(26)27-17-5-3-2-4-6-17/h2-6,8-11,14,18-19H,7,12-13H2,1H3/t14-,18-,19+/m0/s1. The maximum Gasteiger partial charge on any atom is 0.343 e. The van der Waals surface area contributed by atoms with Gasteiger partial charge in [0.1, 0.15) is 5.75 Å². The van der Waals surface area contributed by atoms with Crippen molar-refractivity contribution < 1.29 is 19.1 Å². The zero-order valence-electron chi connectivity index (χ0n) is 15.1. The fourth-order valence-electron chi connectivity index (χ4n) is 4.05. The highest BCUT2D eigenvalue weighted by atomic mass is 16.5. The van der Waals surface area contributed by atoms with E-state index in [1.54, 1.807) is 48.5 Å². The highest BCUT2D eigenvalue weighted by molar-refractivity contribution is 6.22. The Morgan fingerprint density at radius 2 is 1.59 bits per heavy atom. The highest BCUT2D eigenvalue weighted by Crippen LogP contribution is 2.42. The second-order valence-electron chi connectivity index (χ2n) is 7.39. The number of rotatable bonds is 3. The smallest absolute Gasteiger partial charge is 0.343 e. The van der Waals surface area contributed by atoms with E-state index in [2.05, 4.69) is 6.92 Å². The van der Waals surface area contributed by atoms with Gasteiger partial charge in [-0.2, -0.15) is 0 Å². The molecule has 2 amide bonds. The maximum atomic E-state index is 12.8. The van der Waals surface area contributed by atoms with E-state index in [-0.39, 0.29) is 23.7 Å². The lowest BCUT2D eigenvalue weighted by Gasteiger charge is -2.25. The van der Waals surface area contributed by atoms with Crippen LogP contribution >= 0.6 is 0 Å². The minimum Gasteiger partial charge on any atom is -0.423 e. The zero-order chi connectivity index (χ0) is 19.0. The summed E-state index contributed by atoms with van der Waals surface area (Å²) in [7, 11) is 0. The molecule has 0 N–H and O–H groups in total. The number of anilines is 1. The summed E-state index contributed by atoms with van der Waals surface area (Å²) in [5.41, 5.74) is 0.885. The van der Waals surface area contributed by atoms with Gasteiger partial charge in [0.25, 0.3) is 0 Å². The van der Waals surface area contributed by atoms with Crippen LogP contribution in [-0.4, -0.2) is 17.8 Å². The molecule has 2 aromatic rings. The summed E-state index contributed by atoms with van der Waals surface area (Å²) in [4.78, 5) is 39.0. The van der Waals surface area contributed by atoms with E-state index < -0.39 is 5.97 Å². The van der Waals surface area contributed by atoms with Gasteiger partial charge < -0.3 is 4.74 Å². The van der Waals surface area contributed by atoms with E-state index in [1.807, 2.05) is 6.07 Å². The van der Waals surface area contributed by atoms with E-state index in [9.17, 15) is 14.4 Å². The summed E-state index contributed by atoms with van der Waals surface area (Å²) in [5, 5.41) is 0. The van der Waals surface area contributed by atoms with Crippen molar-refractivity contribution in [2.75, 3.05) is 4.90 Å². The molecule has 0 aromatic heterocycles. The summed E-state index contributed by atoms with van der Waals surface area (Å²) in [6.45, 7) is 2.13. The molecular weight excluding hydrogens is 342 g/mol. The Morgan fingerprint density at radius 3 is 2.30 bits per heavy atom. The van der Waals surface area contributed by atoms with E-state index in [4.69, 9.17) is 4.74 Å². The van der Waals surface area contributed by atoms with Crippen molar-refractivity contribution in [3.63, 3.8) is 0 Å². The number of fused-ring (bicyclic) bond motifs is 1. The number of carbonyl (C=O) groups is 3. The fourth-order valence-corrected chi connectivity index (χ4v) is 4.05. The SMILES string of the molecule is C[C@H]1CC[C@@H]2C(=O)N(c3ccc(C(=O)Oc4ccccc4)cc3)C(=O)[C@@H]2C1. The number of hydrogen-bond acceptors (Lipinski definition) is 4. The Morgan fingerprint density at radius 1 is 0.926 bits per heavy atom. The van der Waals surface area contributed by atoms with Crippen LogP contribution in [0.15, 0.2) is 54.6 Å². The molecule has 0 bridgehead atoms. The van der Waals surface area contributed by atoms with Crippen molar-refractivity contribution in [3.8, 4) is 5.75 Å². The van der Waals surface area contributed by atoms with Crippen LogP contribution in [0.2, 0.25) is 0 Å². The van der Waals surface area contributed by atoms with Crippen molar-refractivity contribution in [1.82, 2.24) is 0 Å². The van der Waals surface area contributed by atoms with E-state index in [0.717, 1.165) is 19.3 Å². The van der Waals surface area contributed by atoms with Gasteiger partial charge in [0.15, 0.2) is 0 Å². The molecule has 0 radical (unpaired) electrons. The molecule has 0 unspecified atom stereocenters. The van der Waals surface area contributed by atoms with Crippen molar-refractivity contribution in [2.45, 2.75) is 26.2 Å². The summed E-state index contributed by atoms with van der Waals surface area (Å²) < 4.78 is 5.31. The molecule has 1 saturated heterocycles. The first kappa shape index (κ1) is 17.5. The second kappa shape index (κ2) is 6.99. The number of ether oxygens (including phenoxy) is 1. The van der Waals surface area contributed by atoms with E-state index in [1.165, 1.54) is 4.90 Å². The summed E-state index contributed by atoms with van der Waals surface area (Å²) in [6, 6.07) is 15.3. The van der Waals surface area contributed by atoms with Gasteiger partial charge in [0.2, 0.25) is 11.8 Å². The van der Waals surface area contributed by atoms with Crippen molar-refractivity contribution in [3.05, 3.63) is 60.2 Å². The first-order valence-corrected chi connectivity index (χ1v) is 9.29. The van der Waals surface area contributed by atoms with Crippen LogP contribution in [0.1, 0.15) is 36.5 Å². The van der Waals surface area contributed by atoms with Gasteiger partial charge in [0.05, 0.1) is 23.1 Å². The molecule has 2 fully saturated rings. The quantitative estimate of drug-likeness (QED) is 0.472. The maximum absolute atomic E-state index is 12.8. The second-order valence-corrected chi connectivity index (χ2v) is 7.39. The van der Waals surface area contributed by atoms with Gasteiger partial charge in [-0.15, -0.1) is 0 Å². The number of amides is 2. The van der Waals surface area contributed by atoms with Crippen molar-refractivity contribution >= 4 is 23.5 Å². The van der Waals surface area contributed by atoms with Crippen LogP contribution in [0.5, 0.6) is 5.75 Å². The molecule has 3 atom stereocenters. The fraction of sp³-hybridized carbons (Fsp3) is 0.318. The number of imide groups is 1. The highest BCUT2D eigenvalue weighted by Gasteiger charge is 2.49. The number of hydrogen-bond donors (Lipinski definition) is 0.